The van der Waals surface area contributed by atoms with Crippen LogP contribution in [0.5, 0.6) is 0 Å². The molecule has 1 aromatic rings. The Bertz CT molecular complexity index is 566. The van der Waals surface area contributed by atoms with Crippen molar-refractivity contribution in [1.82, 2.24) is 5.32 Å². The molecule has 1 aliphatic heterocycles. The molecule has 1 saturated heterocycles. The van der Waals surface area contributed by atoms with E-state index < -0.39 is 0 Å². The smallest absolute Gasteiger partial charge is 0.242 e. The van der Waals surface area contributed by atoms with Crippen LogP contribution in [0.2, 0.25) is 0 Å². The van der Waals surface area contributed by atoms with E-state index in [1.807, 2.05) is 0 Å². The van der Waals surface area contributed by atoms with Crippen molar-refractivity contribution in [3.05, 3.63) is 16.0 Å². The number of anilines is 1. The number of carbonyl (C=O) groups excluding carboxylic acids is 1. The van der Waals surface area contributed by atoms with Crippen LogP contribution in [0.3, 0.4) is 0 Å². The van der Waals surface area contributed by atoms with E-state index in [0.29, 0.717) is 11.5 Å². The summed E-state index contributed by atoms with van der Waals surface area (Å²) in [4.78, 5) is 13.5. The Balaban J connectivity index is 1.83. The Kier molecular flexibility index (Phi) is 3.77. The van der Waals surface area contributed by atoms with Gasteiger partial charge in [-0.1, -0.05) is 6.92 Å². The number of nitrogens with zero attached hydrogens (tertiary/aromatic N) is 1. The fourth-order valence-corrected chi connectivity index (χ4v) is 4.43. The third-order valence-corrected chi connectivity index (χ3v) is 5.41. The van der Waals surface area contributed by atoms with Crippen molar-refractivity contribution >= 4 is 22.2 Å². The molecule has 0 saturated carbocycles. The summed E-state index contributed by atoms with van der Waals surface area (Å²) in [6, 6.07) is 2.19. The first kappa shape index (κ1) is 13.6. The molecular weight excluding hydrogens is 270 g/mol. The summed E-state index contributed by atoms with van der Waals surface area (Å²) in [5.74, 6) is 0.679. The highest BCUT2D eigenvalue weighted by atomic mass is 32.1. The minimum absolute atomic E-state index is 0.00523. The summed E-state index contributed by atoms with van der Waals surface area (Å²) in [6.45, 7) is 3.15. The average Bonchev–Trinajstić information content (AvgIpc) is 3.04. The number of nitriles is 1. The maximum atomic E-state index is 12.2. The molecule has 5 heteroatoms. The molecule has 1 aliphatic carbocycles. The Hall–Kier alpha value is -1.38. The molecular formula is C15H19N3OS. The first-order valence-electron chi connectivity index (χ1n) is 7.28. The van der Waals surface area contributed by atoms with Crippen LogP contribution in [-0.2, 0) is 17.6 Å². The van der Waals surface area contributed by atoms with Crippen molar-refractivity contribution in [2.45, 2.75) is 45.1 Å². The van der Waals surface area contributed by atoms with Crippen molar-refractivity contribution in [1.29, 1.82) is 5.26 Å². The number of hydrogen-bond acceptors (Lipinski definition) is 4. The van der Waals surface area contributed by atoms with E-state index >= 15 is 0 Å². The third kappa shape index (κ3) is 2.46. The first-order chi connectivity index (χ1) is 9.69. The van der Waals surface area contributed by atoms with Crippen LogP contribution >= 0.6 is 11.3 Å². The van der Waals surface area contributed by atoms with Gasteiger partial charge in [0, 0.05) is 4.88 Å². The maximum absolute atomic E-state index is 12.2. The molecule has 2 heterocycles. The van der Waals surface area contributed by atoms with E-state index in [0.717, 1.165) is 43.6 Å². The Morgan fingerprint density at radius 1 is 1.50 bits per heavy atom. The highest BCUT2D eigenvalue weighted by Crippen LogP contribution is 2.39. The zero-order valence-corrected chi connectivity index (χ0v) is 12.5. The van der Waals surface area contributed by atoms with Gasteiger partial charge < -0.3 is 10.6 Å². The molecule has 0 spiro atoms. The van der Waals surface area contributed by atoms with E-state index in [4.69, 9.17) is 0 Å². The molecule has 0 bridgehead atoms. The van der Waals surface area contributed by atoms with Crippen molar-refractivity contribution in [3.63, 3.8) is 0 Å². The Morgan fingerprint density at radius 3 is 3.05 bits per heavy atom. The van der Waals surface area contributed by atoms with Crippen molar-refractivity contribution in [3.8, 4) is 6.07 Å². The number of thiophene rings is 1. The van der Waals surface area contributed by atoms with E-state index in [-0.39, 0.29) is 11.9 Å². The fourth-order valence-electron chi connectivity index (χ4n) is 3.06. The van der Waals surface area contributed by atoms with Crippen molar-refractivity contribution < 1.29 is 4.79 Å². The Labute approximate surface area is 123 Å². The standard InChI is InChI=1S/C15H19N3OS/c1-9-4-5-10-11(8-16)15(20-13(10)7-9)18-14(19)12-3-2-6-17-12/h9,12,17H,2-7H2,1H3,(H,18,19)/t9?,12-/m1/s1. The lowest BCUT2D eigenvalue weighted by molar-refractivity contribution is -0.117. The van der Waals surface area contributed by atoms with Crippen molar-refractivity contribution in [2.24, 2.45) is 5.92 Å². The number of hydrogen-bond donors (Lipinski definition) is 2. The van der Waals surface area contributed by atoms with E-state index in [9.17, 15) is 10.1 Å². The number of rotatable bonds is 2. The predicted octanol–water partition coefficient (Wildman–Crippen LogP) is 2.44. The van der Waals surface area contributed by atoms with Crippen LogP contribution in [0, 0.1) is 17.2 Å². The number of carbonyl (C=O) groups is 1. The molecule has 2 N–H and O–H groups in total. The number of nitrogens with one attached hydrogen (secondary N) is 2. The average molecular weight is 289 g/mol. The maximum Gasteiger partial charge on any atom is 0.242 e. The molecule has 1 fully saturated rings. The lowest BCUT2D eigenvalue weighted by atomic mass is 9.88. The monoisotopic (exact) mass is 289 g/mol. The molecule has 106 valence electrons. The molecule has 1 amide bonds. The number of amides is 1. The van der Waals surface area contributed by atoms with Crippen LogP contribution in [0.4, 0.5) is 5.00 Å². The van der Waals surface area contributed by atoms with Crippen LogP contribution in [0.15, 0.2) is 0 Å². The SMILES string of the molecule is CC1CCc2c(sc(NC(=O)[C@H]3CCCN3)c2C#N)C1. The molecule has 3 rings (SSSR count). The second-order valence-electron chi connectivity index (χ2n) is 5.81. The van der Waals surface area contributed by atoms with Crippen LogP contribution in [-0.4, -0.2) is 18.5 Å². The molecule has 2 aliphatic rings. The quantitative estimate of drug-likeness (QED) is 0.879. The lowest BCUT2D eigenvalue weighted by Gasteiger charge is -2.17. The minimum atomic E-state index is -0.0976. The van der Waals surface area contributed by atoms with Gasteiger partial charge in [-0.3, -0.25) is 4.79 Å². The van der Waals surface area contributed by atoms with E-state index in [2.05, 4.69) is 23.6 Å². The topological polar surface area (TPSA) is 64.9 Å². The van der Waals surface area contributed by atoms with Gasteiger partial charge in [0.2, 0.25) is 5.91 Å². The second kappa shape index (κ2) is 5.55. The molecule has 1 aromatic heterocycles. The molecule has 20 heavy (non-hydrogen) atoms. The highest BCUT2D eigenvalue weighted by Gasteiger charge is 2.27. The molecule has 0 aromatic carbocycles. The van der Waals surface area contributed by atoms with Gasteiger partial charge in [0.15, 0.2) is 0 Å². The van der Waals surface area contributed by atoms with Gasteiger partial charge in [0.05, 0.1) is 11.6 Å². The summed E-state index contributed by atoms with van der Waals surface area (Å²) in [5, 5.41) is 16.3. The lowest BCUT2D eigenvalue weighted by Crippen LogP contribution is -2.35. The molecule has 4 nitrogen and oxygen atoms in total. The van der Waals surface area contributed by atoms with Crippen LogP contribution in [0.1, 0.15) is 42.2 Å². The molecule has 2 atom stereocenters. The van der Waals surface area contributed by atoms with Crippen LogP contribution < -0.4 is 10.6 Å². The highest BCUT2D eigenvalue weighted by molar-refractivity contribution is 7.16. The number of fused-ring (bicyclic) bond motifs is 1. The van der Waals surface area contributed by atoms with Crippen LogP contribution in [0.25, 0.3) is 0 Å². The zero-order chi connectivity index (χ0) is 14.1. The summed E-state index contributed by atoms with van der Waals surface area (Å²) in [5.41, 5.74) is 1.87. The van der Waals surface area contributed by atoms with Gasteiger partial charge in [0.1, 0.15) is 11.1 Å². The minimum Gasteiger partial charge on any atom is -0.315 e. The van der Waals surface area contributed by atoms with Gasteiger partial charge >= 0.3 is 0 Å². The molecule has 1 unspecified atom stereocenters. The summed E-state index contributed by atoms with van der Waals surface area (Å²) in [7, 11) is 0. The zero-order valence-electron chi connectivity index (χ0n) is 11.7. The normalized spacial score (nSPS) is 25.0. The van der Waals surface area contributed by atoms with Gasteiger partial charge in [0.25, 0.3) is 0 Å². The van der Waals surface area contributed by atoms with Gasteiger partial charge in [-0.25, -0.2) is 0 Å². The van der Waals surface area contributed by atoms with Gasteiger partial charge in [-0.05, 0) is 50.1 Å². The second-order valence-corrected chi connectivity index (χ2v) is 6.91. The van der Waals surface area contributed by atoms with E-state index in [1.165, 1.54) is 10.4 Å². The summed E-state index contributed by atoms with van der Waals surface area (Å²) in [6.07, 6.45) is 5.06. The third-order valence-electron chi connectivity index (χ3n) is 4.24. The van der Waals surface area contributed by atoms with E-state index in [1.54, 1.807) is 11.3 Å². The first-order valence-corrected chi connectivity index (χ1v) is 8.09. The molecule has 0 radical (unpaired) electrons. The summed E-state index contributed by atoms with van der Waals surface area (Å²) < 4.78 is 0. The van der Waals surface area contributed by atoms with Gasteiger partial charge in [-0.15, -0.1) is 11.3 Å². The summed E-state index contributed by atoms with van der Waals surface area (Å²) >= 11 is 1.60. The van der Waals surface area contributed by atoms with Crippen molar-refractivity contribution in [2.75, 3.05) is 11.9 Å². The predicted molar refractivity (Wildman–Crippen MR) is 79.9 cm³/mol. The largest absolute Gasteiger partial charge is 0.315 e. The fraction of sp³-hybridized carbons (Fsp3) is 0.600. The Morgan fingerprint density at radius 2 is 2.35 bits per heavy atom. The van der Waals surface area contributed by atoms with Gasteiger partial charge in [-0.2, -0.15) is 5.26 Å².